The van der Waals surface area contributed by atoms with Gasteiger partial charge < -0.3 is 14.3 Å². The van der Waals surface area contributed by atoms with Crippen LogP contribution in [-0.4, -0.2) is 23.1 Å². The highest BCUT2D eigenvalue weighted by atomic mass is 19.4. The number of phenolic OH excluding ortho intramolecular Hbond substituents is 1. The predicted molar refractivity (Wildman–Crippen MR) is 119 cm³/mol. The highest BCUT2D eigenvalue weighted by Crippen LogP contribution is 2.40. The SMILES string of the molecule is Cc1ccc(Oc2c(C(F)(F)F)oc3c(CN4CCC(C)CC4)c(O)ccc3c2=O)cc1C. The molecule has 1 aliphatic heterocycles. The number of ether oxygens (including phenoxy) is 1. The third-order valence-corrected chi connectivity index (χ3v) is 6.31. The van der Waals surface area contributed by atoms with E-state index in [1.807, 2.05) is 11.8 Å². The molecule has 0 amide bonds. The number of phenols is 1. The van der Waals surface area contributed by atoms with Gasteiger partial charge in [-0.2, -0.15) is 13.2 Å². The lowest BCUT2D eigenvalue weighted by Crippen LogP contribution is -2.32. The van der Waals surface area contributed by atoms with Crippen molar-refractivity contribution in [3.05, 3.63) is 63.0 Å². The van der Waals surface area contributed by atoms with Crippen molar-refractivity contribution in [2.24, 2.45) is 5.92 Å². The Labute approximate surface area is 189 Å². The number of aromatic hydroxyl groups is 1. The average Bonchev–Trinajstić information content (AvgIpc) is 2.75. The summed E-state index contributed by atoms with van der Waals surface area (Å²) in [5.41, 5.74) is 0.724. The Morgan fingerprint density at radius 1 is 1.12 bits per heavy atom. The number of halogens is 3. The van der Waals surface area contributed by atoms with Crippen LogP contribution in [-0.2, 0) is 12.7 Å². The number of benzene rings is 2. The molecule has 4 rings (SSSR count). The zero-order valence-electron chi connectivity index (χ0n) is 18.8. The van der Waals surface area contributed by atoms with Gasteiger partial charge in [0.2, 0.25) is 11.2 Å². The lowest BCUT2D eigenvalue weighted by molar-refractivity contribution is -0.154. The predicted octanol–water partition coefficient (Wildman–Crippen LogP) is 6.16. The van der Waals surface area contributed by atoms with Crippen LogP contribution in [0, 0.1) is 19.8 Å². The maximum absolute atomic E-state index is 14.0. The molecule has 176 valence electrons. The van der Waals surface area contributed by atoms with E-state index < -0.39 is 23.1 Å². The minimum atomic E-state index is -4.97. The zero-order chi connectivity index (χ0) is 23.9. The molecule has 0 aliphatic carbocycles. The molecule has 33 heavy (non-hydrogen) atoms. The first-order valence-electron chi connectivity index (χ1n) is 10.9. The van der Waals surface area contributed by atoms with E-state index in [9.17, 15) is 23.1 Å². The molecule has 8 heteroatoms. The second kappa shape index (κ2) is 8.74. The number of alkyl halides is 3. The van der Waals surface area contributed by atoms with Gasteiger partial charge in [-0.3, -0.25) is 9.69 Å². The van der Waals surface area contributed by atoms with Crippen LogP contribution in [0.2, 0.25) is 0 Å². The Kier molecular flexibility index (Phi) is 6.14. The molecule has 2 aromatic carbocycles. The van der Waals surface area contributed by atoms with E-state index in [-0.39, 0.29) is 34.6 Å². The van der Waals surface area contributed by atoms with E-state index in [4.69, 9.17) is 9.15 Å². The zero-order valence-corrected chi connectivity index (χ0v) is 18.8. The molecule has 0 atom stereocenters. The van der Waals surface area contributed by atoms with Crippen molar-refractivity contribution in [3.8, 4) is 17.2 Å². The first-order chi connectivity index (χ1) is 15.5. The maximum Gasteiger partial charge on any atom is 0.453 e. The maximum atomic E-state index is 14.0. The largest absolute Gasteiger partial charge is 0.507 e. The molecule has 0 saturated carbocycles. The molecular weight excluding hydrogens is 435 g/mol. The van der Waals surface area contributed by atoms with Gasteiger partial charge in [0.1, 0.15) is 17.1 Å². The van der Waals surface area contributed by atoms with Gasteiger partial charge in [-0.1, -0.05) is 13.0 Å². The molecule has 1 saturated heterocycles. The number of nitrogens with zero attached hydrogens (tertiary/aromatic N) is 1. The Bertz CT molecular complexity index is 1240. The number of piperidine rings is 1. The molecule has 0 spiro atoms. The summed E-state index contributed by atoms with van der Waals surface area (Å²) in [6, 6.07) is 7.36. The summed E-state index contributed by atoms with van der Waals surface area (Å²) in [6.07, 6.45) is -3.06. The first kappa shape index (κ1) is 23.2. The number of hydrogen-bond acceptors (Lipinski definition) is 5. The van der Waals surface area contributed by atoms with Crippen LogP contribution < -0.4 is 10.2 Å². The summed E-state index contributed by atoms with van der Waals surface area (Å²) >= 11 is 0. The van der Waals surface area contributed by atoms with Gasteiger partial charge in [0, 0.05) is 6.54 Å². The van der Waals surface area contributed by atoms with E-state index in [0.29, 0.717) is 5.92 Å². The van der Waals surface area contributed by atoms with Crippen LogP contribution >= 0.6 is 0 Å². The van der Waals surface area contributed by atoms with Gasteiger partial charge in [-0.15, -0.1) is 0 Å². The van der Waals surface area contributed by atoms with Crippen molar-refractivity contribution in [2.75, 3.05) is 13.1 Å². The van der Waals surface area contributed by atoms with Crippen LogP contribution in [0.25, 0.3) is 11.0 Å². The monoisotopic (exact) mass is 461 g/mol. The van der Waals surface area contributed by atoms with Crippen molar-refractivity contribution in [3.63, 3.8) is 0 Å². The molecule has 1 N–H and O–H groups in total. The summed E-state index contributed by atoms with van der Waals surface area (Å²) in [6.45, 7) is 7.50. The number of fused-ring (bicyclic) bond motifs is 1. The first-order valence-corrected chi connectivity index (χ1v) is 10.9. The van der Waals surface area contributed by atoms with E-state index in [0.717, 1.165) is 37.1 Å². The Morgan fingerprint density at radius 3 is 2.45 bits per heavy atom. The summed E-state index contributed by atoms with van der Waals surface area (Å²) in [7, 11) is 0. The highest BCUT2D eigenvalue weighted by Gasteiger charge is 2.41. The third-order valence-electron chi connectivity index (χ3n) is 6.31. The van der Waals surface area contributed by atoms with Crippen molar-refractivity contribution in [2.45, 2.75) is 46.3 Å². The molecule has 1 aromatic heterocycles. The van der Waals surface area contributed by atoms with Gasteiger partial charge in [0.15, 0.2) is 0 Å². The lowest BCUT2D eigenvalue weighted by atomic mass is 9.98. The molecule has 1 aliphatic rings. The number of rotatable bonds is 4. The average molecular weight is 461 g/mol. The van der Waals surface area contributed by atoms with Gasteiger partial charge in [0.05, 0.1) is 10.9 Å². The van der Waals surface area contributed by atoms with E-state index >= 15 is 0 Å². The Morgan fingerprint density at radius 2 is 1.82 bits per heavy atom. The topological polar surface area (TPSA) is 62.9 Å². The molecule has 5 nitrogen and oxygen atoms in total. The van der Waals surface area contributed by atoms with Gasteiger partial charge in [-0.05, 0) is 81.1 Å². The van der Waals surface area contributed by atoms with Crippen LogP contribution in [0.5, 0.6) is 17.2 Å². The van der Waals surface area contributed by atoms with Crippen LogP contribution in [0.3, 0.4) is 0 Å². The molecule has 3 aromatic rings. The van der Waals surface area contributed by atoms with E-state index in [1.54, 1.807) is 19.1 Å². The third kappa shape index (κ3) is 4.71. The lowest BCUT2D eigenvalue weighted by Gasteiger charge is -2.30. The van der Waals surface area contributed by atoms with Crippen LogP contribution in [0.4, 0.5) is 13.2 Å². The van der Waals surface area contributed by atoms with E-state index in [2.05, 4.69) is 6.92 Å². The molecule has 0 bridgehead atoms. The second-order valence-electron chi connectivity index (χ2n) is 8.83. The normalized spacial score (nSPS) is 15.8. The fourth-order valence-corrected chi connectivity index (χ4v) is 4.06. The van der Waals surface area contributed by atoms with Crippen molar-refractivity contribution in [1.82, 2.24) is 4.90 Å². The standard InChI is InChI=1S/C25H26F3NO4/c1-14-8-10-29(11-9-14)13-19-20(30)7-6-18-21(31)23(24(25(26,27)28)33-22(18)19)32-17-5-4-15(2)16(3)12-17/h4-7,12,14,30H,8-11,13H2,1-3H3. The van der Waals surface area contributed by atoms with Crippen LogP contribution in [0.1, 0.15) is 42.2 Å². The summed E-state index contributed by atoms with van der Waals surface area (Å²) in [4.78, 5) is 15.2. The van der Waals surface area contributed by atoms with Crippen LogP contribution in [0.15, 0.2) is 39.5 Å². The minimum Gasteiger partial charge on any atom is -0.507 e. The molecule has 2 heterocycles. The smallest absolute Gasteiger partial charge is 0.453 e. The quantitative estimate of drug-likeness (QED) is 0.504. The number of hydrogen-bond donors (Lipinski definition) is 1. The number of likely N-dealkylation sites (tertiary alicyclic amines) is 1. The number of aryl methyl sites for hydroxylation is 2. The highest BCUT2D eigenvalue weighted by molar-refractivity contribution is 5.83. The van der Waals surface area contributed by atoms with Crippen molar-refractivity contribution in [1.29, 1.82) is 0 Å². The summed E-state index contributed by atoms with van der Waals surface area (Å²) < 4.78 is 52.6. The molecule has 0 unspecified atom stereocenters. The van der Waals surface area contributed by atoms with Crippen molar-refractivity contribution < 1.29 is 27.4 Å². The van der Waals surface area contributed by atoms with Gasteiger partial charge in [-0.25, -0.2) is 0 Å². The fourth-order valence-electron chi connectivity index (χ4n) is 4.06. The van der Waals surface area contributed by atoms with Gasteiger partial charge >= 0.3 is 6.18 Å². The Hall–Kier alpha value is -3.00. The molecular formula is C25H26F3NO4. The molecule has 1 fully saturated rings. The van der Waals surface area contributed by atoms with E-state index in [1.165, 1.54) is 18.2 Å². The Balaban J connectivity index is 1.84. The van der Waals surface area contributed by atoms with Crippen molar-refractivity contribution >= 4 is 11.0 Å². The van der Waals surface area contributed by atoms with Gasteiger partial charge in [0.25, 0.3) is 5.76 Å². The summed E-state index contributed by atoms with van der Waals surface area (Å²) in [5.74, 6) is -1.96. The fraction of sp³-hybridized carbons (Fsp3) is 0.400. The second-order valence-corrected chi connectivity index (χ2v) is 8.83. The summed E-state index contributed by atoms with van der Waals surface area (Å²) in [5, 5.41) is 10.4. The molecule has 0 radical (unpaired) electrons. The minimum absolute atomic E-state index is 0.0694.